The second-order valence-corrected chi connectivity index (χ2v) is 7.11. The fraction of sp³-hybridized carbons (Fsp3) is 0.300. The molecule has 1 atom stereocenters. The summed E-state index contributed by atoms with van der Waals surface area (Å²) in [5, 5.41) is 4.76. The molecule has 0 spiro atoms. The molecule has 2 aromatic heterocycles. The van der Waals surface area contributed by atoms with Crippen LogP contribution in [0.4, 0.5) is 0 Å². The molecule has 0 bridgehead atoms. The number of fused-ring (bicyclic) bond motifs is 3. The Labute approximate surface area is 160 Å². The molecule has 0 fully saturated rings. The summed E-state index contributed by atoms with van der Waals surface area (Å²) in [7, 11) is 0. The molecular formula is C20H19ClN2O4. The van der Waals surface area contributed by atoms with Gasteiger partial charge in [0, 0.05) is 17.1 Å². The number of aryl methyl sites for hydroxylation is 2. The average molecular weight is 387 g/mol. The zero-order chi connectivity index (χ0) is 19.0. The first kappa shape index (κ1) is 17.7. The Balaban J connectivity index is 1.49. The maximum atomic E-state index is 12.3. The minimum atomic E-state index is -0.309. The number of amides is 1. The summed E-state index contributed by atoms with van der Waals surface area (Å²) in [5.41, 5.74) is 2.78. The molecular weight excluding hydrogens is 368 g/mol. The number of aromatic amines is 1. The molecule has 140 valence electrons. The van der Waals surface area contributed by atoms with E-state index in [2.05, 4.69) is 10.3 Å². The van der Waals surface area contributed by atoms with Gasteiger partial charge in [-0.3, -0.25) is 9.59 Å². The highest BCUT2D eigenvalue weighted by Gasteiger charge is 2.26. The lowest BCUT2D eigenvalue weighted by Gasteiger charge is -2.23. The van der Waals surface area contributed by atoms with E-state index in [0.29, 0.717) is 10.8 Å². The number of nitrogens with one attached hydrogen (secondary N) is 2. The number of hydrogen-bond donors (Lipinski definition) is 2. The van der Waals surface area contributed by atoms with E-state index < -0.39 is 0 Å². The Bertz CT molecular complexity index is 1070. The topological polar surface area (TPSA) is 84.3 Å². The second kappa shape index (κ2) is 7.12. The molecule has 6 nitrogen and oxygen atoms in total. The fourth-order valence-corrected chi connectivity index (χ4v) is 3.80. The third-order valence-corrected chi connectivity index (χ3v) is 5.13. The van der Waals surface area contributed by atoms with Crippen molar-refractivity contribution in [2.75, 3.05) is 6.61 Å². The van der Waals surface area contributed by atoms with Crippen molar-refractivity contribution in [2.45, 2.75) is 32.2 Å². The maximum Gasteiger partial charge on any atom is 0.258 e. The highest BCUT2D eigenvalue weighted by Crippen LogP contribution is 2.36. The third kappa shape index (κ3) is 3.45. The third-order valence-electron chi connectivity index (χ3n) is 4.81. The summed E-state index contributed by atoms with van der Waals surface area (Å²) < 4.78 is 10.5. The van der Waals surface area contributed by atoms with E-state index in [9.17, 15) is 9.59 Å². The Morgan fingerprint density at radius 3 is 3.11 bits per heavy atom. The van der Waals surface area contributed by atoms with Crippen molar-refractivity contribution in [3.63, 3.8) is 0 Å². The molecule has 7 heteroatoms. The summed E-state index contributed by atoms with van der Waals surface area (Å²) in [6.07, 6.45) is 3.97. The van der Waals surface area contributed by atoms with Crippen LogP contribution in [-0.2, 0) is 11.2 Å². The molecule has 0 radical (unpaired) electrons. The number of hydrogen-bond acceptors (Lipinski definition) is 4. The number of benzene rings is 1. The van der Waals surface area contributed by atoms with E-state index in [1.54, 1.807) is 6.92 Å². The number of halogens is 1. The van der Waals surface area contributed by atoms with Crippen molar-refractivity contribution < 1.29 is 13.9 Å². The van der Waals surface area contributed by atoms with Gasteiger partial charge in [0.1, 0.15) is 12.0 Å². The van der Waals surface area contributed by atoms with Crippen LogP contribution in [0.1, 0.15) is 35.9 Å². The molecule has 0 aliphatic heterocycles. The molecule has 0 saturated carbocycles. The average Bonchev–Trinajstić information content (AvgIpc) is 3.02. The zero-order valence-corrected chi connectivity index (χ0v) is 15.6. The van der Waals surface area contributed by atoms with E-state index in [1.165, 1.54) is 17.9 Å². The standard InChI is InChI=1S/C20H19ClN2O4/c1-11-8-16(24)17(9-26-11)27-10-18(25)22-15-7-3-5-13-12-4-2-6-14(21)19(12)23-20(13)15/h2,4,6,8-9,15,23H,3,5,7,10H2,1H3,(H,22,25). The lowest BCUT2D eigenvalue weighted by atomic mass is 9.91. The van der Waals surface area contributed by atoms with Gasteiger partial charge in [-0.15, -0.1) is 0 Å². The molecule has 4 rings (SSSR count). The predicted molar refractivity (Wildman–Crippen MR) is 102 cm³/mol. The van der Waals surface area contributed by atoms with Gasteiger partial charge in [0.25, 0.3) is 5.91 Å². The van der Waals surface area contributed by atoms with Crippen molar-refractivity contribution in [1.29, 1.82) is 0 Å². The van der Waals surface area contributed by atoms with Crippen LogP contribution in [0.5, 0.6) is 5.75 Å². The van der Waals surface area contributed by atoms with Crippen LogP contribution in [0.2, 0.25) is 5.02 Å². The molecule has 1 unspecified atom stereocenters. The zero-order valence-electron chi connectivity index (χ0n) is 14.8. The van der Waals surface area contributed by atoms with Crippen molar-refractivity contribution in [2.24, 2.45) is 0 Å². The summed E-state index contributed by atoms with van der Waals surface area (Å²) in [6, 6.07) is 7.01. The van der Waals surface area contributed by atoms with E-state index in [1.807, 2.05) is 18.2 Å². The molecule has 3 aromatic rings. The Hall–Kier alpha value is -2.73. The number of carbonyl (C=O) groups is 1. The molecule has 2 N–H and O–H groups in total. The quantitative estimate of drug-likeness (QED) is 0.716. The SMILES string of the molecule is Cc1cc(=O)c(OCC(=O)NC2CCCc3c2[nH]c2c(Cl)cccc32)co1. The van der Waals surface area contributed by atoms with Gasteiger partial charge in [-0.2, -0.15) is 0 Å². The van der Waals surface area contributed by atoms with Gasteiger partial charge in [0.15, 0.2) is 6.61 Å². The Morgan fingerprint density at radius 1 is 1.44 bits per heavy atom. The fourth-order valence-electron chi connectivity index (χ4n) is 3.58. The Morgan fingerprint density at radius 2 is 2.30 bits per heavy atom. The monoisotopic (exact) mass is 386 g/mol. The van der Waals surface area contributed by atoms with Crippen LogP contribution in [0, 0.1) is 6.92 Å². The molecule has 1 aliphatic carbocycles. The molecule has 1 aromatic carbocycles. The highest BCUT2D eigenvalue weighted by atomic mass is 35.5. The van der Waals surface area contributed by atoms with Crippen LogP contribution < -0.4 is 15.5 Å². The van der Waals surface area contributed by atoms with Crippen molar-refractivity contribution >= 4 is 28.4 Å². The van der Waals surface area contributed by atoms with Crippen molar-refractivity contribution in [3.05, 3.63) is 62.8 Å². The van der Waals surface area contributed by atoms with Crippen LogP contribution >= 0.6 is 11.6 Å². The summed E-state index contributed by atoms with van der Waals surface area (Å²) >= 11 is 6.30. The van der Waals surface area contributed by atoms with E-state index in [-0.39, 0.29) is 29.7 Å². The van der Waals surface area contributed by atoms with Gasteiger partial charge in [-0.1, -0.05) is 23.7 Å². The number of ether oxygens (including phenoxy) is 1. The van der Waals surface area contributed by atoms with Gasteiger partial charge in [0.05, 0.1) is 16.6 Å². The van der Waals surface area contributed by atoms with Crippen molar-refractivity contribution in [3.8, 4) is 5.75 Å². The van der Waals surface area contributed by atoms with Gasteiger partial charge in [-0.25, -0.2) is 0 Å². The first-order chi connectivity index (χ1) is 13.0. The molecule has 27 heavy (non-hydrogen) atoms. The van der Waals surface area contributed by atoms with Crippen LogP contribution in [-0.4, -0.2) is 17.5 Å². The number of para-hydroxylation sites is 1. The largest absolute Gasteiger partial charge is 0.477 e. The smallest absolute Gasteiger partial charge is 0.258 e. The summed E-state index contributed by atoms with van der Waals surface area (Å²) in [4.78, 5) is 27.5. The van der Waals surface area contributed by atoms with Gasteiger partial charge in [0.2, 0.25) is 11.2 Å². The Kier molecular flexibility index (Phi) is 4.66. The second-order valence-electron chi connectivity index (χ2n) is 6.70. The van der Waals surface area contributed by atoms with Crippen LogP contribution in [0.15, 0.2) is 39.7 Å². The number of H-pyrrole nitrogens is 1. The predicted octanol–water partition coefficient (Wildman–Crippen LogP) is 3.66. The molecule has 1 aliphatic rings. The first-order valence-corrected chi connectivity index (χ1v) is 9.21. The molecule has 0 saturated heterocycles. The van der Waals surface area contributed by atoms with Gasteiger partial charge < -0.3 is 19.5 Å². The molecule has 1 amide bonds. The normalized spacial score (nSPS) is 16.1. The van der Waals surface area contributed by atoms with Crippen LogP contribution in [0.3, 0.4) is 0 Å². The summed E-state index contributed by atoms with van der Waals surface area (Å²) in [5.74, 6) is 0.221. The van der Waals surface area contributed by atoms with Gasteiger partial charge >= 0.3 is 0 Å². The van der Waals surface area contributed by atoms with E-state index in [4.69, 9.17) is 20.8 Å². The number of carbonyl (C=O) groups excluding carboxylic acids is 1. The number of aromatic nitrogens is 1. The molecule has 2 heterocycles. The van der Waals surface area contributed by atoms with Crippen LogP contribution in [0.25, 0.3) is 10.9 Å². The summed E-state index contributed by atoms with van der Waals surface area (Å²) in [6.45, 7) is 1.42. The number of rotatable bonds is 4. The van der Waals surface area contributed by atoms with E-state index in [0.717, 1.165) is 35.9 Å². The highest BCUT2D eigenvalue weighted by molar-refractivity contribution is 6.35. The lowest BCUT2D eigenvalue weighted by Crippen LogP contribution is -2.34. The van der Waals surface area contributed by atoms with Gasteiger partial charge in [-0.05, 0) is 37.8 Å². The first-order valence-electron chi connectivity index (χ1n) is 8.83. The van der Waals surface area contributed by atoms with E-state index >= 15 is 0 Å². The lowest BCUT2D eigenvalue weighted by molar-refractivity contribution is -0.124. The minimum Gasteiger partial charge on any atom is -0.477 e. The maximum absolute atomic E-state index is 12.3. The minimum absolute atomic E-state index is 0.0254. The van der Waals surface area contributed by atoms with Crippen molar-refractivity contribution in [1.82, 2.24) is 10.3 Å².